The number of hydrogen-bond donors (Lipinski definition) is 2. The van der Waals surface area contributed by atoms with Crippen LogP contribution in [-0.4, -0.2) is 27.1 Å². The number of thiophene rings is 1. The molecule has 1 aromatic heterocycles. The van der Waals surface area contributed by atoms with Gasteiger partial charge in [-0.25, -0.2) is 13.1 Å². The molecule has 108 valence electrons. The molecule has 0 saturated carbocycles. The Morgan fingerprint density at radius 2 is 2.05 bits per heavy atom. The van der Waals surface area contributed by atoms with E-state index in [1.807, 2.05) is 24.3 Å². The van der Waals surface area contributed by atoms with Gasteiger partial charge in [0.2, 0.25) is 15.9 Å². The van der Waals surface area contributed by atoms with E-state index in [1.54, 1.807) is 0 Å². The molecule has 20 heavy (non-hydrogen) atoms. The fourth-order valence-corrected chi connectivity index (χ4v) is 3.45. The normalized spacial score (nSPS) is 11.7. The van der Waals surface area contributed by atoms with Gasteiger partial charge in [-0.2, -0.15) is 0 Å². The van der Waals surface area contributed by atoms with Crippen LogP contribution in [0, 0.1) is 0 Å². The molecule has 1 aromatic carbocycles. The Morgan fingerprint density at radius 1 is 1.35 bits per heavy atom. The molecule has 0 bridgehead atoms. The average Bonchev–Trinajstić information content (AvgIpc) is 2.71. The van der Waals surface area contributed by atoms with Crippen molar-refractivity contribution in [2.75, 3.05) is 12.8 Å². The molecule has 2 N–H and O–H groups in total. The first-order valence-corrected chi connectivity index (χ1v) is 8.82. The summed E-state index contributed by atoms with van der Waals surface area (Å²) in [5, 5.41) is 4.22. The third-order valence-electron chi connectivity index (χ3n) is 2.54. The van der Waals surface area contributed by atoms with Crippen LogP contribution in [0.5, 0.6) is 0 Å². The largest absolute Gasteiger partial charge is 0.350 e. The molecule has 2 aromatic rings. The minimum Gasteiger partial charge on any atom is -0.350 e. The molecular weight excluding hydrogens is 320 g/mol. The number of fused-ring (bicyclic) bond motifs is 1. The summed E-state index contributed by atoms with van der Waals surface area (Å²) in [6.07, 6.45) is 1.00. The van der Waals surface area contributed by atoms with Gasteiger partial charge in [-0.05, 0) is 6.07 Å². The molecule has 0 unspecified atom stereocenters. The summed E-state index contributed by atoms with van der Waals surface area (Å²) in [6.45, 7) is 0.00377. The van der Waals surface area contributed by atoms with Crippen LogP contribution < -0.4 is 10.0 Å². The van der Waals surface area contributed by atoms with Crippen LogP contribution in [0.1, 0.15) is 4.88 Å². The quantitative estimate of drug-likeness (QED) is 0.875. The minimum absolute atomic E-state index is 0.276. The molecule has 0 fully saturated rings. The van der Waals surface area contributed by atoms with Crippen LogP contribution in [0.3, 0.4) is 0 Å². The number of rotatable bonds is 5. The van der Waals surface area contributed by atoms with Gasteiger partial charge >= 0.3 is 0 Å². The van der Waals surface area contributed by atoms with E-state index >= 15 is 0 Å². The summed E-state index contributed by atoms with van der Waals surface area (Å²) in [5.41, 5.74) is 0. The Bertz CT molecular complexity index is 740. The molecule has 8 heteroatoms. The monoisotopic (exact) mass is 332 g/mol. The SMILES string of the molecule is CS(=O)(=O)NCC(=O)NCc1sc2ccccc2c1Cl. The zero-order valence-electron chi connectivity index (χ0n) is 10.6. The Kier molecular flexibility index (Phi) is 4.64. The number of sulfonamides is 1. The number of nitrogens with one attached hydrogen (secondary N) is 2. The van der Waals surface area contributed by atoms with Crippen molar-refractivity contribution in [3.63, 3.8) is 0 Å². The van der Waals surface area contributed by atoms with Crippen LogP contribution in [0.25, 0.3) is 10.1 Å². The summed E-state index contributed by atoms with van der Waals surface area (Å²) < 4.78 is 24.9. The fraction of sp³-hybridized carbons (Fsp3) is 0.250. The Labute approximate surface area is 126 Å². The first-order valence-electron chi connectivity index (χ1n) is 5.74. The van der Waals surface area contributed by atoms with E-state index in [4.69, 9.17) is 11.6 Å². The van der Waals surface area contributed by atoms with Crippen molar-refractivity contribution in [2.24, 2.45) is 0 Å². The predicted molar refractivity (Wildman–Crippen MR) is 81.5 cm³/mol. The summed E-state index contributed by atoms with van der Waals surface area (Å²) >= 11 is 7.74. The lowest BCUT2D eigenvalue weighted by Crippen LogP contribution is -2.35. The van der Waals surface area contributed by atoms with Crippen molar-refractivity contribution in [3.8, 4) is 0 Å². The first kappa shape index (κ1) is 15.2. The number of carbonyl (C=O) groups excluding carboxylic acids is 1. The molecule has 0 spiro atoms. The zero-order chi connectivity index (χ0) is 14.8. The summed E-state index contributed by atoms with van der Waals surface area (Å²) in [6, 6.07) is 7.71. The molecule has 2 rings (SSSR count). The molecule has 0 saturated heterocycles. The molecule has 1 amide bonds. The zero-order valence-corrected chi connectivity index (χ0v) is 13.0. The fourth-order valence-electron chi connectivity index (χ4n) is 1.62. The topological polar surface area (TPSA) is 75.3 Å². The standard InChI is InChI=1S/C12H13ClN2O3S2/c1-20(17,18)15-7-11(16)14-6-10-12(13)8-4-2-3-5-9(8)19-10/h2-5,15H,6-7H2,1H3,(H,14,16). The summed E-state index contributed by atoms with van der Waals surface area (Å²) in [7, 11) is -3.37. The Hall–Kier alpha value is -1.15. The van der Waals surface area contributed by atoms with E-state index in [9.17, 15) is 13.2 Å². The Balaban J connectivity index is 1.99. The second-order valence-corrected chi connectivity index (χ2v) is 7.55. The molecule has 0 aliphatic heterocycles. The second-order valence-electron chi connectivity index (χ2n) is 4.21. The number of amides is 1. The third-order valence-corrected chi connectivity index (χ3v) is 4.93. The highest BCUT2D eigenvalue weighted by Crippen LogP contribution is 2.34. The van der Waals surface area contributed by atoms with Gasteiger partial charge in [-0.3, -0.25) is 4.79 Å². The van der Waals surface area contributed by atoms with Crippen molar-refractivity contribution < 1.29 is 13.2 Å². The van der Waals surface area contributed by atoms with Crippen molar-refractivity contribution in [1.82, 2.24) is 10.0 Å². The number of halogens is 1. The van der Waals surface area contributed by atoms with Gasteiger partial charge in [0.25, 0.3) is 0 Å². The van der Waals surface area contributed by atoms with Gasteiger partial charge in [0, 0.05) is 15.0 Å². The van der Waals surface area contributed by atoms with Gasteiger partial charge in [-0.1, -0.05) is 29.8 Å². The van der Waals surface area contributed by atoms with Gasteiger partial charge < -0.3 is 5.32 Å². The van der Waals surface area contributed by atoms with E-state index in [-0.39, 0.29) is 13.1 Å². The maximum atomic E-state index is 11.5. The molecule has 0 aliphatic carbocycles. The first-order chi connectivity index (χ1) is 9.37. The highest BCUT2D eigenvalue weighted by atomic mass is 35.5. The van der Waals surface area contributed by atoms with Crippen molar-refractivity contribution in [1.29, 1.82) is 0 Å². The van der Waals surface area contributed by atoms with Gasteiger partial charge in [0.05, 0.1) is 24.4 Å². The van der Waals surface area contributed by atoms with Gasteiger partial charge in [0.1, 0.15) is 0 Å². The average molecular weight is 333 g/mol. The predicted octanol–water partition coefficient (Wildman–Crippen LogP) is 1.72. The number of carbonyl (C=O) groups is 1. The highest BCUT2D eigenvalue weighted by Gasteiger charge is 2.11. The maximum Gasteiger partial charge on any atom is 0.235 e. The molecule has 0 radical (unpaired) electrons. The van der Waals surface area contributed by atoms with Crippen LogP contribution in [0.4, 0.5) is 0 Å². The Morgan fingerprint density at radius 3 is 2.70 bits per heavy atom. The van der Waals surface area contributed by atoms with E-state index in [2.05, 4.69) is 10.0 Å². The van der Waals surface area contributed by atoms with Crippen molar-refractivity contribution >= 4 is 49.0 Å². The van der Waals surface area contributed by atoms with Crippen molar-refractivity contribution in [3.05, 3.63) is 34.2 Å². The lowest BCUT2D eigenvalue weighted by atomic mass is 10.2. The van der Waals surface area contributed by atoms with Crippen molar-refractivity contribution in [2.45, 2.75) is 6.54 Å². The molecule has 5 nitrogen and oxygen atoms in total. The number of benzene rings is 1. The second kappa shape index (κ2) is 6.09. The molecule has 1 heterocycles. The van der Waals surface area contributed by atoms with E-state index in [1.165, 1.54) is 11.3 Å². The van der Waals surface area contributed by atoms with Crippen LogP contribution in [0.2, 0.25) is 5.02 Å². The number of hydrogen-bond acceptors (Lipinski definition) is 4. The molecular formula is C12H13ClN2O3S2. The van der Waals surface area contributed by atoms with Crippen LogP contribution >= 0.6 is 22.9 Å². The van der Waals surface area contributed by atoms with Crippen LogP contribution in [-0.2, 0) is 21.4 Å². The lowest BCUT2D eigenvalue weighted by molar-refractivity contribution is -0.120. The van der Waals surface area contributed by atoms with E-state index < -0.39 is 15.9 Å². The smallest absolute Gasteiger partial charge is 0.235 e. The third kappa shape index (κ3) is 3.92. The van der Waals surface area contributed by atoms with E-state index in [0.29, 0.717) is 5.02 Å². The van der Waals surface area contributed by atoms with Gasteiger partial charge in [-0.15, -0.1) is 11.3 Å². The summed E-state index contributed by atoms with van der Waals surface area (Å²) in [4.78, 5) is 12.4. The molecule has 0 atom stereocenters. The summed E-state index contributed by atoms with van der Waals surface area (Å²) in [5.74, 6) is -0.399. The maximum absolute atomic E-state index is 11.5. The minimum atomic E-state index is -3.37. The van der Waals surface area contributed by atoms with E-state index in [0.717, 1.165) is 21.2 Å². The highest BCUT2D eigenvalue weighted by molar-refractivity contribution is 7.88. The van der Waals surface area contributed by atoms with Crippen LogP contribution in [0.15, 0.2) is 24.3 Å². The lowest BCUT2D eigenvalue weighted by Gasteiger charge is -2.04. The molecule has 0 aliphatic rings. The van der Waals surface area contributed by atoms with Gasteiger partial charge in [0.15, 0.2) is 0 Å².